The van der Waals surface area contributed by atoms with E-state index in [0.717, 1.165) is 16.9 Å². The number of hydrogen-bond donors (Lipinski definition) is 1. The van der Waals surface area contributed by atoms with Crippen LogP contribution in [0.1, 0.15) is 31.9 Å². The number of aliphatic hydroxyl groups is 1. The molecule has 0 saturated heterocycles. The summed E-state index contributed by atoms with van der Waals surface area (Å²) in [5, 5.41) is 9.91. The van der Waals surface area contributed by atoms with Crippen molar-refractivity contribution in [2.45, 2.75) is 33.3 Å². The van der Waals surface area contributed by atoms with Gasteiger partial charge in [0.2, 0.25) is 0 Å². The monoisotopic (exact) mass is 194 g/mol. The lowest BCUT2D eigenvalue weighted by molar-refractivity contribution is 0.0776. The van der Waals surface area contributed by atoms with E-state index in [2.05, 4.69) is 0 Å². The van der Waals surface area contributed by atoms with Crippen LogP contribution in [0.3, 0.4) is 0 Å². The minimum Gasteiger partial charge on any atom is -0.494 e. The Balaban J connectivity index is 3.09. The molecule has 0 amide bonds. The molecule has 0 heterocycles. The fraction of sp³-hybridized carbons (Fsp3) is 0.500. The van der Waals surface area contributed by atoms with Crippen LogP contribution in [-0.4, -0.2) is 11.7 Å². The van der Waals surface area contributed by atoms with Gasteiger partial charge in [-0.05, 0) is 51.0 Å². The molecule has 0 atom stereocenters. The second kappa shape index (κ2) is 4.01. The summed E-state index contributed by atoms with van der Waals surface area (Å²) in [4.78, 5) is 0. The first-order valence-electron chi connectivity index (χ1n) is 4.91. The van der Waals surface area contributed by atoms with Gasteiger partial charge in [-0.1, -0.05) is 6.07 Å². The first-order chi connectivity index (χ1) is 6.45. The van der Waals surface area contributed by atoms with Gasteiger partial charge < -0.3 is 9.84 Å². The number of hydrogen-bond acceptors (Lipinski definition) is 2. The molecule has 1 N–H and O–H groups in total. The second-order valence-electron chi connectivity index (χ2n) is 3.97. The fourth-order valence-electron chi connectivity index (χ4n) is 1.52. The van der Waals surface area contributed by atoms with Gasteiger partial charge in [-0.2, -0.15) is 0 Å². The molecule has 0 fully saturated rings. The third-order valence-electron chi connectivity index (χ3n) is 2.18. The normalized spacial score (nSPS) is 11.5. The third-order valence-corrected chi connectivity index (χ3v) is 2.18. The van der Waals surface area contributed by atoms with Crippen LogP contribution in [0.4, 0.5) is 0 Å². The number of rotatable bonds is 3. The zero-order valence-electron chi connectivity index (χ0n) is 9.29. The highest BCUT2D eigenvalue weighted by Gasteiger charge is 2.18. The van der Waals surface area contributed by atoms with E-state index in [1.54, 1.807) is 13.8 Å². The Hall–Kier alpha value is -1.02. The molecule has 1 rings (SSSR count). The molecule has 14 heavy (non-hydrogen) atoms. The van der Waals surface area contributed by atoms with Crippen LogP contribution in [0, 0.1) is 6.92 Å². The van der Waals surface area contributed by atoms with Crippen LogP contribution in [0.15, 0.2) is 18.2 Å². The minimum atomic E-state index is -0.808. The molecule has 0 spiro atoms. The van der Waals surface area contributed by atoms with E-state index < -0.39 is 5.60 Å². The molecule has 0 unspecified atom stereocenters. The summed E-state index contributed by atoms with van der Waals surface area (Å²) >= 11 is 0. The summed E-state index contributed by atoms with van der Waals surface area (Å²) in [5.41, 5.74) is 1.20. The van der Waals surface area contributed by atoms with E-state index in [4.69, 9.17) is 4.74 Å². The summed E-state index contributed by atoms with van der Waals surface area (Å²) in [5.74, 6) is 0.815. The molecule has 0 aliphatic carbocycles. The topological polar surface area (TPSA) is 29.5 Å². The van der Waals surface area contributed by atoms with Crippen molar-refractivity contribution < 1.29 is 9.84 Å². The number of aryl methyl sites for hydroxylation is 1. The highest BCUT2D eigenvalue weighted by Crippen LogP contribution is 2.27. The highest BCUT2D eigenvalue weighted by atomic mass is 16.5. The molecular formula is C12H18O2. The lowest BCUT2D eigenvalue weighted by Gasteiger charge is -2.21. The maximum absolute atomic E-state index is 9.91. The maximum atomic E-state index is 9.91. The number of ether oxygens (including phenoxy) is 1. The van der Waals surface area contributed by atoms with Gasteiger partial charge in [-0.15, -0.1) is 0 Å². The zero-order chi connectivity index (χ0) is 10.8. The minimum absolute atomic E-state index is 0.647. The Morgan fingerprint density at radius 2 is 2.00 bits per heavy atom. The lowest BCUT2D eigenvalue weighted by Crippen LogP contribution is -2.17. The summed E-state index contributed by atoms with van der Waals surface area (Å²) in [6.07, 6.45) is 0. The van der Waals surface area contributed by atoms with Crippen molar-refractivity contribution in [3.63, 3.8) is 0 Å². The van der Waals surface area contributed by atoms with Crippen molar-refractivity contribution in [2.24, 2.45) is 0 Å². The van der Waals surface area contributed by atoms with Crippen molar-refractivity contribution in [1.29, 1.82) is 0 Å². The Morgan fingerprint density at radius 3 is 2.50 bits per heavy atom. The molecule has 1 aromatic carbocycles. The summed E-state index contributed by atoms with van der Waals surface area (Å²) < 4.78 is 5.39. The van der Waals surface area contributed by atoms with Gasteiger partial charge in [0.25, 0.3) is 0 Å². The van der Waals surface area contributed by atoms with Crippen molar-refractivity contribution in [2.75, 3.05) is 6.61 Å². The molecule has 0 saturated carbocycles. The second-order valence-corrected chi connectivity index (χ2v) is 3.97. The predicted octanol–water partition coefficient (Wildman–Crippen LogP) is 2.62. The summed E-state index contributed by atoms with van der Waals surface area (Å²) in [6.45, 7) is 8.15. The summed E-state index contributed by atoms with van der Waals surface area (Å²) in [6, 6.07) is 5.80. The van der Waals surface area contributed by atoms with E-state index in [9.17, 15) is 5.11 Å². The van der Waals surface area contributed by atoms with Crippen LogP contribution in [-0.2, 0) is 5.60 Å². The van der Waals surface area contributed by atoms with Gasteiger partial charge in [0.05, 0.1) is 12.2 Å². The molecule has 0 aliphatic rings. The summed E-state index contributed by atoms with van der Waals surface area (Å²) in [7, 11) is 0. The highest BCUT2D eigenvalue weighted by molar-refractivity contribution is 5.37. The van der Waals surface area contributed by atoms with Crippen molar-refractivity contribution >= 4 is 0 Å². The maximum Gasteiger partial charge on any atom is 0.119 e. The van der Waals surface area contributed by atoms with Gasteiger partial charge >= 0.3 is 0 Å². The predicted molar refractivity (Wildman–Crippen MR) is 57.6 cm³/mol. The molecule has 1 aromatic rings. The fourth-order valence-corrected chi connectivity index (χ4v) is 1.52. The quantitative estimate of drug-likeness (QED) is 0.801. The van der Waals surface area contributed by atoms with Crippen LogP contribution in [0.5, 0.6) is 5.75 Å². The zero-order valence-corrected chi connectivity index (χ0v) is 9.29. The van der Waals surface area contributed by atoms with E-state index in [1.807, 2.05) is 32.0 Å². The van der Waals surface area contributed by atoms with Gasteiger partial charge in [0, 0.05) is 0 Å². The molecular weight excluding hydrogens is 176 g/mol. The lowest BCUT2D eigenvalue weighted by atomic mass is 9.94. The van der Waals surface area contributed by atoms with Gasteiger partial charge in [0.15, 0.2) is 0 Å². The Morgan fingerprint density at radius 1 is 1.36 bits per heavy atom. The molecule has 2 heteroatoms. The van der Waals surface area contributed by atoms with Crippen molar-refractivity contribution in [1.82, 2.24) is 0 Å². The smallest absolute Gasteiger partial charge is 0.119 e. The van der Waals surface area contributed by atoms with E-state index in [1.165, 1.54) is 0 Å². The standard InChI is InChI=1S/C12H18O2/c1-5-14-10-7-6-9(2)11(8-10)12(3,4)13/h6-8,13H,5H2,1-4H3. The van der Waals surface area contributed by atoms with Gasteiger partial charge in [0.1, 0.15) is 5.75 Å². The largest absolute Gasteiger partial charge is 0.494 e. The molecule has 0 aliphatic heterocycles. The van der Waals surface area contributed by atoms with Crippen molar-refractivity contribution in [3.8, 4) is 5.75 Å². The Bertz CT molecular complexity index is 311. The van der Waals surface area contributed by atoms with Gasteiger partial charge in [-0.3, -0.25) is 0 Å². The Labute approximate surface area is 85.5 Å². The van der Waals surface area contributed by atoms with Crippen LogP contribution < -0.4 is 4.74 Å². The molecule has 0 bridgehead atoms. The molecule has 0 aromatic heterocycles. The van der Waals surface area contributed by atoms with Gasteiger partial charge in [-0.25, -0.2) is 0 Å². The first-order valence-corrected chi connectivity index (χ1v) is 4.91. The SMILES string of the molecule is CCOc1ccc(C)c(C(C)(C)O)c1. The third kappa shape index (κ3) is 2.48. The molecule has 2 nitrogen and oxygen atoms in total. The average molecular weight is 194 g/mol. The first kappa shape index (κ1) is 11.1. The van der Waals surface area contributed by atoms with Crippen LogP contribution >= 0.6 is 0 Å². The Kier molecular flexibility index (Phi) is 3.17. The van der Waals surface area contributed by atoms with E-state index in [0.29, 0.717) is 6.61 Å². The molecule has 0 radical (unpaired) electrons. The molecule has 78 valence electrons. The van der Waals surface area contributed by atoms with Crippen LogP contribution in [0.2, 0.25) is 0 Å². The van der Waals surface area contributed by atoms with E-state index >= 15 is 0 Å². The average Bonchev–Trinajstić information content (AvgIpc) is 2.07. The number of benzene rings is 1. The van der Waals surface area contributed by atoms with Crippen molar-refractivity contribution in [3.05, 3.63) is 29.3 Å². The van der Waals surface area contributed by atoms with E-state index in [-0.39, 0.29) is 0 Å². The van der Waals surface area contributed by atoms with Crippen LogP contribution in [0.25, 0.3) is 0 Å².